The van der Waals surface area contributed by atoms with Crippen LogP contribution in [0.4, 0.5) is 5.69 Å². The summed E-state index contributed by atoms with van der Waals surface area (Å²) in [5.74, 6) is 0.261. The fraction of sp³-hybridized carbons (Fsp3) is 0.533. The van der Waals surface area contributed by atoms with Crippen LogP contribution in [0.5, 0.6) is 0 Å². The maximum absolute atomic E-state index is 12.2. The molecule has 6 heteroatoms. The summed E-state index contributed by atoms with van der Waals surface area (Å²) in [6.07, 6.45) is 0.569. The van der Waals surface area contributed by atoms with Gasteiger partial charge >= 0.3 is 0 Å². The fourth-order valence-corrected chi connectivity index (χ4v) is 2.30. The van der Waals surface area contributed by atoms with Crippen molar-refractivity contribution in [2.75, 3.05) is 12.2 Å². The second kappa shape index (κ2) is 7.56. The SMILES string of the molecule is CC[C@@H](/C(=N/S(=O)C(C)(C)C)OC)N(O)c1ccccc1. The van der Waals surface area contributed by atoms with Gasteiger partial charge in [0.15, 0.2) is 0 Å². The Morgan fingerprint density at radius 3 is 2.38 bits per heavy atom. The van der Waals surface area contributed by atoms with Gasteiger partial charge in [0.1, 0.15) is 17.0 Å². The Bertz CT molecular complexity index is 497. The topological polar surface area (TPSA) is 62.1 Å². The second-order valence-electron chi connectivity index (χ2n) is 5.60. The lowest BCUT2D eigenvalue weighted by molar-refractivity contribution is 0.222. The zero-order valence-corrected chi connectivity index (χ0v) is 14.1. The van der Waals surface area contributed by atoms with Gasteiger partial charge in [0.25, 0.3) is 0 Å². The monoisotopic (exact) mass is 312 g/mol. The third kappa shape index (κ3) is 4.82. The molecule has 1 rings (SSSR count). The lowest BCUT2D eigenvalue weighted by atomic mass is 10.2. The lowest BCUT2D eigenvalue weighted by Crippen LogP contribution is -2.40. The molecule has 0 amide bonds. The summed E-state index contributed by atoms with van der Waals surface area (Å²) in [5, 5.41) is 11.5. The molecule has 0 bridgehead atoms. The first-order valence-corrected chi connectivity index (χ1v) is 7.99. The van der Waals surface area contributed by atoms with Gasteiger partial charge in [-0.05, 0) is 39.3 Å². The van der Waals surface area contributed by atoms with Crippen LogP contribution in [0, 0.1) is 0 Å². The van der Waals surface area contributed by atoms with Crippen LogP contribution in [0.3, 0.4) is 0 Å². The van der Waals surface area contributed by atoms with Crippen molar-refractivity contribution in [3.05, 3.63) is 30.3 Å². The Hall–Kier alpha value is -1.40. The molecule has 0 aromatic heterocycles. The van der Waals surface area contributed by atoms with Gasteiger partial charge in [0.2, 0.25) is 5.90 Å². The van der Waals surface area contributed by atoms with Crippen molar-refractivity contribution in [1.82, 2.24) is 0 Å². The summed E-state index contributed by atoms with van der Waals surface area (Å²) < 4.78 is 21.1. The molecule has 0 aliphatic rings. The highest BCUT2D eigenvalue weighted by atomic mass is 32.2. The van der Waals surface area contributed by atoms with E-state index in [-0.39, 0.29) is 5.90 Å². The summed E-state index contributed by atoms with van der Waals surface area (Å²) in [4.78, 5) is 0. The molecular weight excluding hydrogens is 288 g/mol. The number of methoxy groups -OCH3 is 1. The molecule has 0 saturated carbocycles. The third-order valence-electron chi connectivity index (χ3n) is 2.89. The van der Waals surface area contributed by atoms with Crippen LogP contribution in [0.1, 0.15) is 34.1 Å². The number of nitrogens with zero attached hydrogens (tertiary/aromatic N) is 2. The Morgan fingerprint density at radius 1 is 1.38 bits per heavy atom. The maximum Gasteiger partial charge on any atom is 0.223 e. The third-order valence-corrected chi connectivity index (χ3v) is 4.29. The number of para-hydroxylation sites is 1. The largest absolute Gasteiger partial charge is 0.482 e. The molecule has 1 aromatic carbocycles. The van der Waals surface area contributed by atoms with Crippen LogP contribution >= 0.6 is 0 Å². The summed E-state index contributed by atoms with van der Waals surface area (Å²) in [5.41, 5.74) is 0.635. The maximum atomic E-state index is 12.2. The summed E-state index contributed by atoms with van der Waals surface area (Å²) >= 11 is 0. The molecule has 0 radical (unpaired) electrons. The van der Waals surface area contributed by atoms with Crippen molar-refractivity contribution in [2.24, 2.45) is 4.40 Å². The lowest BCUT2D eigenvalue weighted by Gasteiger charge is -2.27. The van der Waals surface area contributed by atoms with Crippen LogP contribution in [-0.2, 0) is 15.7 Å². The van der Waals surface area contributed by atoms with E-state index in [1.54, 1.807) is 12.1 Å². The van der Waals surface area contributed by atoms with E-state index in [1.807, 2.05) is 45.9 Å². The number of hydroxylamine groups is 1. The Morgan fingerprint density at radius 2 is 1.95 bits per heavy atom. The zero-order chi connectivity index (χ0) is 16.0. The normalized spacial score (nSPS) is 15.4. The molecule has 1 aromatic rings. The molecule has 2 atom stereocenters. The summed E-state index contributed by atoms with van der Waals surface area (Å²) in [6.45, 7) is 7.43. The van der Waals surface area contributed by atoms with Crippen LogP contribution in [-0.4, -0.2) is 33.2 Å². The Kier molecular flexibility index (Phi) is 6.36. The van der Waals surface area contributed by atoms with Crippen LogP contribution in [0.2, 0.25) is 0 Å². The highest BCUT2D eigenvalue weighted by Crippen LogP contribution is 2.19. The van der Waals surface area contributed by atoms with Gasteiger partial charge in [-0.25, -0.2) is 9.27 Å². The van der Waals surface area contributed by atoms with Crippen LogP contribution in [0.15, 0.2) is 34.7 Å². The number of ether oxygens (including phenoxy) is 1. The van der Waals surface area contributed by atoms with Gasteiger partial charge < -0.3 is 4.74 Å². The average molecular weight is 312 g/mol. The van der Waals surface area contributed by atoms with E-state index >= 15 is 0 Å². The van der Waals surface area contributed by atoms with Gasteiger partial charge in [-0.15, -0.1) is 0 Å². The summed E-state index contributed by atoms with van der Waals surface area (Å²) in [7, 11) is 0.0352. The highest BCUT2D eigenvalue weighted by Gasteiger charge is 2.26. The van der Waals surface area contributed by atoms with Gasteiger partial charge in [-0.1, -0.05) is 25.1 Å². The number of hydrogen-bond donors (Lipinski definition) is 1. The molecule has 0 saturated heterocycles. The number of anilines is 1. The van der Waals surface area contributed by atoms with E-state index in [4.69, 9.17) is 4.74 Å². The molecule has 0 fully saturated rings. The quantitative estimate of drug-likeness (QED) is 0.515. The van der Waals surface area contributed by atoms with Crippen molar-refractivity contribution < 1.29 is 14.2 Å². The molecule has 21 heavy (non-hydrogen) atoms. The molecule has 0 aliphatic carbocycles. The molecule has 0 aliphatic heterocycles. The minimum atomic E-state index is -1.44. The average Bonchev–Trinajstić information content (AvgIpc) is 2.46. The van der Waals surface area contributed by atoms with Gasteiger partial charge in [0, 0.05) is 0 Å². The highest BCUT2D eigenvalue weighted by molar-refractivity contribution is 7.85. The van der Waals surface area contributed by atoms with E-state index in [0.29, 0.717) is 12.1 Å². The first-order valence-electron chi connectivity index (χ1n) is 6.89. The van der Waals surface area contributed by atoms with Crippen molar-refractivity contribution in [2.45, 2.75) is 44.9 Å². The smallest absolute Gasteiger partial charge is 0.223 e. The van der Waals surface area contributed by atoms with Crippen molar-refractivity contribution in [1.29, 1.82) is 0 Å². The molecule has 0 spiro atoms. The standard InChI is InChI=1S/C15H24N2O3S/c1-6-13(17(18)12-10-8-7-9-11-12)14(20-5)16-21(19)15(2,3)4/h7-11,13,18H,6H2,1-5H3/b16-14-/t13-,21?/m0/s1. The second-order valence-corrected chi connectivity index (χ2v) is 7.50. The minimum Gasteiger partial charge on any atom is -0.482 e. The Balaban J connectivity index is 3.06. The summed E-state index contributed by atoms with van der Waals surface area (Å²) in [6, 6.07) is 8.64. The van der Waals surface area contributed by atoms with Crippen molar-refractivity contribution >= 4 is 22.6 Å². The van der Waals surface area contributed by atoms with E-state index in [0.717, 1.165) is 5.06 Å². The van der Waals surface area contributed by atoms with Gasteiger partial charge in [-0.3, -0.25) is 5.21 Å². The van der Waals surface area contributed by atoms with Gasteiger partial charge in [0.05, 0.1) is 17.5 Å². The fourth-order valence-electron chi connectivity index (χ4n) is 1.67. The number of hydrogen-bond acceptors (Lipinski definition) is 4. The van der Waals surface area contributed by atoms with E-state index in [9.17, 15) is 9.42 Å². The number of benzene rings is 1. The first kappa shape index (κ1) is 17.7. The van der Waals surface area contributed by atoms with Crippen LogP contribution in [0.25, 0.3) is 0 Å². The minimum absolute atomic E-state index is 0.261. The molecule has 5 nitrogen and oxygen atoms in total. The molecule has 1 N–H and O–H groups in total. The van der Waals surface area contributed by atoms with Crippen molar-refractivity contribution in [3.8, 4) is 0 Å². The zero-order valence-electron chi connectivity index (χ0n) is 13.2. The molecule has 118 valence electrons. The van der Waals surface area contributed by atoms with Gasteiger partial charge in [-0.2, -0.15) is 4.40 Å². The van der Waals surface area contributed by atoms with E-state index in [1.165, 1.54) is 7.11 Å². The predicted octanol–water partition coefficient (Wildman–Crippen LogP) is 3.17. The van der Waals surface area contributed by atoms with Crippen LogP contribution < -0.4 is 5.06 Å². The number of rotatable bonds is 5. The Labute approximate surface area is 129 Å². The predicted molar refractivity (Wildman–Crippen MR) is 87.1 cm³/mol. The molecule has 1 unspecified atom stereocenters. The first-order chi connectivity index (χ1) is 9.81. The molecule has 0 heterocycles. The van der Waals surface area contributed by atoms with E-state index < -0.39 is 21.8 Å². The van der Waals surface area contributed by atoms with E-state index in [2.05, 4.69) is 4.40 Å². The van der Waals surface area contributed by atoms with Crippen molar-refractivity contribution in [3.63, 3.8) is 0 Å². The molecular formula is C15H24N2O3S.